The molecule has 0 amide bonds. The highest BCUT2D eigenvalue weighted by Gasteiger charge is 2.26. The van der Waals surface area contributed by atoms with E-state index in [1.807, 2.05) is 19.2 Å². The van der Waals surface area contributed by atoms with Gasteiger partial charge in [0.2, 0.25) is 0 Å². The van der Waals surface area contributed by atoms with Crippen molar-refractivity contribution in [2.24, 2.45) is 5.92 Å². The molecule has 4 nitrogen and oxygen atoms in total. The van der Waals surface area contributed by atoms with E-state index < -0.39 is 0 Å². The molecule has 0 aliphatic heterocycles. The minimum Gasteiger partial charge on any atom is -0.507 e. The SMILES string of the molecule is COc1ccc(CN(C)CC2CCCC2O)c(O)c1. The van der Waals surface area contributed by atoms with Crippen molar-refractivity contribution < 1.29 is 14.9 Å². The molecule has 1 aromatic rings. The van der Waals surface area contributed by atoms with Gasteiger partial charge in [-0.1, -0.05) is 12.5 Å². The van der Waals surface area contributed by atoms with Crippen LogP contribution in [0.15, 0.2) is 18.2 Å². The Morgan fingerprint density at radius 1 is 1.37 bits per heavy atom. The van der Waals surface area contributed by atoms with E-state index in [0.29, 0.717) is 18.2 Å². The van der Waals surface area contributed by atoms with Crippen molar-refractivity contribution in [2.75, 3.05) is 20.7 Å². The number of hydrogen-bond acceptors (Lipinski definition) is 4. The minimum atomic E-state index is -0.160. The van der Waals surface area contributed by atoms with Gasteiger partial charge in [-0.3, -0.25) is 0 Å². The maximum absolute atomic E-state index is 9.93. The van der Waals surface area contributed by atoms with E-state index in [2.05, 4.69) is 4.90 Å². The average Bonchev–Trinajstić information content (AvgIpc) is 2.77. The minimum absolute atomic E-state index is 0.160. The molecular weight excluding hydrogens is 242 g/mol. The molecule has 1 aromatic carbocycles. The number of phenols is 1. The largest absolute Gasteiger partial charge is 0.507 e. The smallest absolute Gasteiger partial charge is 0.123 e. The van der Waals surface area contributed by atoms with Crippen LogP contribution in [0.4, 0.5) is 0 Å². The molecule has 2 atom stereocenters. The Balaban J connectivity index is 1.93. The standard InChI is InChI=1S/C15H23NO3/c1-16(9-11-4-3-5-14(11)17)10-12-6-7-13(19-2)8-15(12)18/h6-8,11,14,17-18H,3-5,9-10H2,1-2H3. The highest BCUT2D eigenvalue weighted by molar-refractivity contribution is 5.39. The van der Waals surface area contributed by atoms with Crippen molar-refractivity contribution in [1.29, 1.82) is 0 Å². The number of aromatic hydroxyl groups is 1. The first-order valence-electron chi connectivity index (χ1n) is 6.82. The zero-order chi connectivity index (χ0) is 13.8. The van der Waals surface area contributed by atoms with E-state index >= 15 is 0 Å². The molecule has 4 heteroatoms. The van der Waals surface area contributed by atoms with Gasteiger partial charge in [0.15, 0.2) is 0 Å². The van der Waals surface area contributed by atoms with E-state index in [9.17, 15) is 10.2 Å². The molecule has 2 unspecified atom stereocenters. The van der Waals surface area contributed by atoms with Crippen molar-refractivity contribution >= 4 is 0 Å². The van der Waals surface area contributed by atoms with Crippen molar-refractivity contribution in [3.05, 3.63) is 23.8 Å². The van der Waals surface area contributed by atoms with Crippen LogP contribution in [0.2, 0.25) is 0 Å². The van der Waals surface area contributed by atoms with Crippen molar-refractivity contribution in [3.8, 4) is 11.5 Å². The Morgan fingerprint density at radius 3 is 2.74 bits per heavy atom. The van der Waals surface area contributed by atoms with Gasteiger partial charge >= 0.3 is 0 Å². The van der Waals surface area contributed by atoms with E-state index in [1.165, 1.54) is 0 Å². The van der Waals surface area contributed by atoms with E-state index in [4.69, 9.17) is 4.74 Å². The van der Waals surface area contributed by atoms with Gasteiger partial charge in [-0.2, -0.15) is 0 Å². The normalized spacial score (nSPS) is 22.9. The first-order valence-corrected chi connectivity index (χ1v) is 6.82. The van der Waals surface area contributed by atoms with Gasteiger partial charge in [0.1, 0.15) is 11.5 Å². The molecule has 1 saturated carbocycles. The molecule has 0 heterocycles. The van der Waals surface area contributed by atoms with Gasteiger partial charge in [0.05, 0.1) is 13.2 Å². The molecule has 0 spiro atoms. The Labute approximate surface area is 114 Å². The topological polar surface area (TPSA) is 52.9 Å². The number of rotatable bonds is 5. The second-order valence-corrected chi connectivity index (χ2v) is 5.45. The third-order valence-electron chi connectivity index (χ3n) is 3.90. The molecule has 0 aromatic heterocycles. The van der Waals surface area contributed by atoms with Crippen LogP contribution in [0, 0.1) is 5.92 Å². The van der Waals surface area contributed by atoms with Crippen LogP contribution in [0.25, 0.3) is 0 Å². The van der Waals surface area contributed by atoms with Crippen LogP contribution in [0.1, 0.15) is 24.8 Å². The maximum atomic E-state index is 9.93. The second kappa shape index (κ2) is 6.26. The fraction of sp³-hybridized carbons (Fsp3) is 0.600. The zero-order valence-electron chi connectivity index (χ0n) is 11.7. The lowest BCUT2D eigenvalue weighted by Crippen LogP contribution is -2.29. The molecule has 106 valence electrons. The average molecular weight is 265 g/mol. The summed E-state index contributed by atoms with van der Waals surface area (Å²) in [6, 6.07) is 5.37. The van der Waals surface area contributed by atoms with Gasteiger partial charge in [0.25, 0.3) is 0 Å². The molecule has 1 aliphatic carbocycles. The van der Waals surface area contributed by atoms with Crippen LogP contribution in [0.5, 0.6) is 11.5 Å². The Morgan fingerprint density at radius 2 is 2.16 bits per heavy atom. The zero-order valence-corrected chi connectivity index (χ0v) is 11.7. The summed E-state index contributed by atoms with van der Waals surface area (Å²) in [7, 11) is 3.61. The summed E-state index contributed by atoms with van der Waals surface area (Å²) < 4.78 is 5.07. The molecule has 1 fully saturated rings. The molecule has 0 radical (unpaired) electrons. The molecule has 1 aliphatic rings. The molecule has 19 heavy (non-hydrogen) atoms. The fourth-order valence-electron chi connectivity index (χ4n) is 2.79. The first-order chi connectivity index (χ1) is 9.10. The first kappa shape index (κ1) is 14.2. The lowest BCUT2D eigenvalue weighted by Gasteiger charge is -2.23. The van der Waals surface area contributed by atoms with Gasteiger partial charge in [-0.15, -0.1) is 0 Å². The van der Waals surface area contributed by atoms with Crippen molar-refractivity contribution in [2.45, 2.75) is 31.9 Å². The molecule has 0 saturated heterocycles. The van der Waals surface area contributed by atoms with Gasteiger partial charge in [0, 0.05) is 24.7 Å². The lowest BCUT2D eigenvalue weighted by atomic mass is 10.1. The number of aliphatic hydroxyl groups is 1. The van der Waals surface area contributed by atoms with Crippen LogP contribution < -0.4 is 4.74 Å². The summed E-state index contributed by atoms with van der Waals surface area (Å²) in [6.07, 6.45) is 2.98. The third-order valence-corrected chi connectivity index (χ3v) is 3.90. The lowest BCUT2D eigenvalue weighted by molar-refractivity contribution is 0.107. The van der Waals surface area contributed by atoms with Gasteiger partial charge < -0.3 is 19.8 Å². The summed E-state index contributed by atoms with van der Waals surface area (Å²) in [4.78, 5) is 2.15. The number of nitrogens with zero attached hydrogens (tertiary/aromatic N) is 1. The molecule has 2 rings (SSSR count). The summed E-state index contributed by atoms with van der Waals surface area (Å²) in [5, 5.41) is 19.8. The van der Waals surface area contributed by atoms with Gasteiger partial charge in [-0.05, 0) is 31.9 Å². The van der Waals surface area contributed by atoms with Crippen molar-refractivity contribution in [3.63, 3.8) is 0 Å². The number of phenolic OH excluding ortho intramolecular Hbond substituents is 1. The van der Waals surface area contributed by atoms with Crippen LogP contribution >= 0.6 is 0 Å². The molecule has 0 bridgehead atoms. The summed E-state index contributed by atoms with van der Waals surface area (Å²) in [5.74, 6) is 1.29. The predicted molar refractivity (Wildman–Crippen MR) is 74.3 cm³/mol. The number of methoxy groups -OCH3 is 1. The maximum Gasteiger partial charge on any atom is 0.123 e. The van der Waals surface area contributed by atoms with E-state index in [-0.39, 0.29) is 11.9 Å². The van der Waals surface area contributed by atoms with Crippen LogP contribution in [-0.2, 0) is 6.54 Å². The van der Waals surface area contributed by atoms with E-state index in [1.54, 1.807) is 13.2 Å². The number of hydrogen-bond donors (Lipinski definition) is 2. The van der Waals surface area contributed by atoms with Crippen LogP contribution in [-0.4, -0.2) is 41.9 Å². The highest BCUT2D eigenvalue weighted by Crippen LogP contribution is 2.28. The number of benzene rings is 1. The Hall–Kier alpha value is -1.26. The van der Waals surface area contributed by atoms with Gasteiger partial charge in [-0.25, -0.2) is 0 Å². The molecule has 2 N–H and O–H groups in total. The number of ether oxygens (including phenoxy) is 1. The highest BCUT2D eigenvalue weighted by atomic mass is 16.5. The second-order valence-electron chi connectivity index (χ2n) is 5.45. The predicted octanol–water partition coefficient (Wildman–Crippen LogP) is 1.99. The van der Waals surface area contributed by atoms with E-state index in [0.717, 1.165) is 31.4 Å². The van der Waals surface area contributed by atoms with Crippen molar-refractivity contribution in [1.82, 2.24) is 4.90 Å². The fourth-order valence-corrected chi connectivity index (χ4v) is 2.79. The summed E-state index contributed by atoms with van der Waals surface area (Å²) in [5.41, 5.74) is 0.885. The Bertz CT molecular complexity index is 422. The third kappa shape index (κ3) is 3.61. The monoisotopic (exact) mass is 265 g/mol. The van der Waals surface area contributed by atoms with Crippen LogP contribution in [0.3, 0.4) is 0 Å². The Kier molecular flexibility index (Phi) is 4.66. The quantitative estimate of drug-likeness (QED) is 0.855. The molecular formula is C15H23NO3. The summed E-state index contributed by atoms with van der Waals surface area (Å²) in [6.45, 7) is 1.55. The summed E-state index contributed by atoms with van der Waals surface area (Å²) >= 11 is 0. The number of aliphatic hydroxyl groups excluding tert-OH is 1.